The van der Waals surface area contributed by atoms with Crippen LogP contribution in [-0.2, 0) is 4.74 Å². The molecule has 1 aromatic heterocycles. The highest BCUT2D eigenvalue weighted by molar-refractivity contribution is 5.53. The minimum atomic E-state index is 0.746. The molecule has 0 spiro atoms. The Morgan fingerprint density at radius 1 is 0.941 bits per heavy atom. The second-order valence-electron chi connectivity index (χ2n) is 3.96. The summed E-state index contributed by atoms with van der Waals surface area (Å²) in [5.41, 5.74) is 2.37. The molecule has 0 radical (unpaired) electrons. The molecule has 17 heavy (non-hydrogen) atoms. The SMILES string of the molecule is C1=CN(c2ccc(-n3cccc3)cc2)CCO1. The summed E-state index contributed by atoms with van der Waals surface area (Å²) in [6.45, 7) is 1.65. The van der Waals surface area contributed by atoms with Crippen molar-refractivity contribution in [3.8, 4) is 5.69 Å². The van der Waals surface area contributed by atoms with Gasteiger partial charge in [-0.1, -0.05) is 0 Å². The summed E-state index contributed by atoms with van der Waals surface area (Å²) in [6, 6.07) is 12.6. The lowest BCUT2D eigenvalue weighted by atomic mass is 10.2. The first-order chi connectivity index (χ1) is 8.43. The Morgan fingerprint density at radius 3 is 2.29 bits per heavy atom. The molecular formula is C14H14N2O. The van der Waals surface area contributed by atoms with Gasteiger partial charge in [-0.15, -0.1) is 0 Å². The zero-order chi connectivity index (χ0) is 11.5. The molecule has 0 fully saturated rings. The Balaban J connectivity index is 1.85. The number of benzene rings is 1. The van der Waals surface area contributed by atoms with Crippen LogP contribution in [0.1, 0.15) is 0 Å². The highest BCUT2D eigenvalue weighted by Crippen LogP contribution is 2.19. The van der Waals surface area contributed by atoms with E-state index in [0.717, 1.165) is 13.2 Å². The Labute approximate surface area is 101 Å². The highest BCUT2D eigenvalue weighted by atomic mass is 16.5. The molecule has 0 N–H and O–H groups in total. The van der Waals surface area contributed by atoms with E-state index in [0.29, 0.717) is 0 Å². The maximum absolute atomic E-state index is 5.18. The van der Waals surface area contributed by atoms with Crippen molar-refractivity contribution in [3.05, 3.63) is 61.3 Å². The Hall–Kier alpha value is -2.16. The van der Waals surface area contributed by atoms with Crippen molar-refractivity contribution < 1.29 is 4.74 Å². The molecule has 0 saturated heterocycles. The second-order valence-corrected chi connectivity index (χ2v) is 3.96. The van der Waals surface area contributed by atoms with Crippen molar-refractivity contribution in [1.82, 2.24) is 4.57 Å². The van der Waals surface area contributed by atoms with Crippen molar-refractivity contribution >= 4 is 5.69 Å². The van der Waals surface area contributed by atoms with Crippen molar-refractivity contribution in [2.45, 2.75) is 0 Å². The fraction of sp³-hybridized carbons (Fsp3) is 0.143. The van der Waals surface area contributed by atoms with Gasteiger partial charge < -0.3 is 14.2 Å². The summed E-state index contributed by atoms with van der Waals surface area (Å²) in [7, 11) is 0. The summed E-state index contributed by atoms with van der Waals surface area (Å²) in [6.07, 6.45) is 7.80. The lowest BCUT2D eigenvalue weighted by Gasteiger charge is -2.23. The summed E-state index contributed by atoms with van der Waals surface area (Å²) < 4.78 is 7.27. The molecule has 0 amide bonds. The Kier molecular flexibility index (Phi) is 2.58. The van der Waals surface area contributed by atoms with Crippen LogP contribution in [0.25, 0.3) is 5.69 Å². The van der Waals surface area contributed by atoms with Gasteiger partial charge in [0.25, 0.3) is 0 Å². The lowest BCUT2D eigenvalue weighted by molar-refractivity contribution is 0.245. The van der Waals surface area contributed by atoms with Gasteiger partial charge in [-0.05, 0) is 36.4 Å². The van der Waals surface area contributed by atoms with Crippen molar-refractivity contribution in [3.63, 3.8) is 0 Å². The number of anilines is 1. The van der Waals surface area contributed by atoms with E-state index in [2.05, 4.69) is 33.7 Å². The van der Waals surface area contributed by atoms with Crippen molar-refractivity contribution in [2.24, 2.45) is 0 Å². The second kappa shape index (κ2) is 4.37. The maximum Gasteiger partial charge on any atom is 0.105 e. The van der Waals surface area contributed by atoms with Gasteiger partial charge in [-0.3, -0.25) is 0 Å². The number of hydrogen-bond donors (Lipinski definition) is 0. The quantitative estimate of drug-likeness (QED) is 0.783. The zero-order valence-electron chi connectivity index (χ0n) is 9.49. The van der Waals surface area contributed by atoms with Crippen LogP contribution >= 0.6 is 0 Å². The van der Waals surface area contributed by atoms with Crippen LogP contribution in [0.15, 0.2) is 61.3 Å². The molecular weight excluding hydrogens is 212 g/mol. The van der Waals surface area contributed by atoms with Crippen LogP contribution in [0, 0.1) is 0 Å². The maximum atomic E-state index is 5.18. The highest BCUT2D eigenvalue weighted by Gasteiger charge is 2.06. The van der Waals surface area contributed by atoms with Crippen LogP contribution in [0.2, 0.25) is 0 Å². The lowest BCUT2D eigenvalue weighted by Crippen LogP contribution is -2.24. The first kappa shape index (κ1) is 10.0. The number of aromatic nitrogens is 1. The molecule has 1 aromatic carbocycles. The van der Waals surface area contributed by atoms with Crippen LogP contribution < -0.4 is 4.90 Å². The monoisotopic (exact) mass is 226 g/mol. The molecule has 0 bridgehead atoms. The summed E-state index contributed by atoms with van der Waals surface area (Å²) in [5, 5.41) is 0. The van der Waals surface area contributed by atoms with Crippen LogP contribution in [0.3, 0.4) is 0 Å². The van der Waals surface area contributed by atoms with E-state index in [9.17, 15) is 0 Å². The fourth-order valence-corrected chi connectivity index (χ4v) is 1.95. The van der Waals surface area contributed by atoms with E-state index >= 15 is 0 Å². The predicted molar refractivity (Wildman–Crippen MR) is 68.2 cm³/mol. The van der Waals surface area contributed by atoms with Gasteiger partial charge in [0, 0.05) is 30.0 Å². The van der Waals surface area contributed by atoms with Gasteiger partial charge >= 0.3 is 0 Å². The predicted octanol–water partition coefficient (Wildman–Crippen LogP) is 2.79. The normalized spacial score (nSPS) is 14.7. The number of hydrogen-bond acceptors (Lipinski definition) is 2. The molecule has 86 valence electrons. The molecule has 0 atom stereocenters. The third-order valence-corrected chi connectivity index (χ3v) is 2.87. The first-order valence-electron chi connectivity index (χ1n) is 5.72. The van der Waals surface area contributed by atoms with E-state index in [1.807, 2.05) is 30.7 Å². The van der Waals surface area contributed by atoms with Gasteiger partial charge in [0.2, 0.25) is 0 Å². The molecule has 1 aliphatic heterocycles. The minimum Gasteiger partial charge on any atom is -0.498 e. The number of ether oxygens (including phenoxy) is 1. The third kappa shape index (κ3) is 2.04. The van der Waals surface area contributed by atoms with Crippen molar-refractivity contribution in [1.29, 1.82) is 0 Å². The number of rotatable bonds is 2. The molecule has 0 saturated carbocycles. The Morgan fingerprint density at radius 2 is 1.65 bits per heavy atom. The van der Waals surface area contributed by atoms with E-state index < -0.39 is 0 Å². The average Bonchev–Trinajstić information content (AvgIpc) is 2.94. The molecule has 0 unspecified atom stereocenters. The van der Waals surface area contributed by atoms with Crippen LogP contribution in [0.5, 0.6) is 0 Å². The Bertz CT molecular complexity index is 500. The molecule has 2 aromatic rings. The van der Waals surface area contributed by atoms with Gasteiger partial charge in [0.05, 0.1) is 12.8 Å². The van der Waals surface area contributed by atoms with Gasteiger partial charge in [0.15, 0.2) is 0 Å². The standard InChI is InChI=1S/C14H14N2O/c1-2-8-15(7-1)13-3-5-14(6-4-13)16-9-11-17-12-10-16/h1-9,11H,10,12H2. The zero-order valence-corrected chi connectivity index (χ0v) is 9.49. The smallest absolute Gasteiger partial charge is 0.105 e. The average molecular weight is 226 g/mol. The molecule has 0 aliphatic carbocycles. The van der Waals surface area contributed by atoms with E-state index in [-0.39, 0.29) is 0 Å². The molecule has 3 rings (SSSR count). The molecule has 1 aliphatic rings. The first-order valence-corrected chi connectivity index (χ1v) is 5.72. The molecule has 3 nitrogen and oxygen atoms in total. The topological polar surface area (TPSA) is 17.4 Å². The fourth-order valence-electron chi connectivity index (χ4n) is 1.95. The third-order valence-electron chi connectivity index (χ3n) is 2.87. The molecule has 2 heterocycles. The molecule has 3 heteroatoms. The summed E-state index contributed by atoms with van der Waals surface area (Å²) in [4.78, 5) is 2.18. The summed E-state index contributed by atoms with van der Waals surface area (Å²) >= 11 is 0. The van der Waals surface area contributed by atoms with Gasteiger partial charge in [0.1, 0.15) is 6.61 Å². The van der Waals surface area contributed by atoms with Crippen molar-refractivity contribution in [2.75, 3.05) is 18.1 Å². The van der Waals surface area contributed by atoms with Crippen LogP contribution in [0.4, 0.5) is 5.69 Å². The minimum absolute atomic E-state index is 0.746. The van der Waals surface area contributed by atoms with Gasteiger partial charge in [-0.25, -0.2) is 0 Å². The van der Waals surface area contributed by atoms with Gasteiger partial charge in [-0.2, -0.15) is 0 Å². The number of nitrogens with zero attached hydrogens (tertiary/aromatic N) is 2. The largest absolute Gasteiger partial charge is 0.498 e. The summed E-state index contributed by atoms with van der Waals surface area (Å²) in [5.74, 6) is 0. The van der Waals surface area contributed by atoms with E-state index in [1.165, 1.54) is 11.4 Å². The van der Waals surface area contributed by atoms with E-state index in [4.69, 9.17) is 4.74 Å². The van der Waals surface area contributed by atoms with E-state index in [1.54, 1.807) is 6.26 Å². The van der Waals surface area contributed by atoms with Crippen LogP contribution in [-0.4, -0.2) is 17.7 Å².